The van der Waals surface area contributed by atoms with Crippen LogP contribution in [0.5, 0.6) is 0 Å². The monoisotopic (exact) mass is 385 g/mol. The first-order valence-electron chi connectivity index (χ1n) is 11.2. The van der Waals surface area contributed by atoms with Crippen molar-refractivity contribution in [3.63, 3.8) is 0 Å². The van der Waals surface area contributed by atoms with Gasteiger partial charge in [0.1, 0.15) is 0 Å². The van der Waals surface area contributed by atoms with Gasteiger partial charge in [0.25, 0.3) is 0 Å². The fourth-order valence-electron chi connectivity index (χ4n) is 3.33. The van der Waals surface area contributed by atoms with Crippen molar-refractivity contribution in [3.05, 3.63) is 0 Å². The maximum atomic E-state index is 11.8. The van der Waals surface area contributed by atoms with E-state index >= 15 is 0 Å². The molecule has 27 heavy (non-hydrogen) atoms. The van der Waals surface area contributed by atoms with Crippen LogP contribution in [0.1, 0.15) is 96.8 Å². The minimum Gasteiger partial charge on any atom is -0.477 e. The Bertz CT molecular complexity index is 384. The summed E-state index contributed by atoms with van der Waals surface area (Å²) in [6, 6.07) is 0. The number of hydrogen-bond donors (Lipinski definition) is 2. The van der Waals surface area contributed by atoms with E-state index in [1.54, 1.807) is 0 Å². The lowest BCUT2D eigenvalue weighted by Crippen LogP contribution is -2.48. The molecule has 0 saturated heterocycles. The summed E-state index contributed by atoms with van der Waals surface area (Å²) in [6.07, 6.45) is 17.6. The van der Waals surface area contributed by atoms with E-state index in [-0.39, 0.29) is 12.5 Å². The predicted octanol–water partition coefficient (Wildman–Crippen LogP) is 4.74. The number of nitrogens with one attached hydrogen (secondary N) is 1. The molecule has 0 aromatic rings. The van der Waals surface area contributed by atoms with E-state index in [4.69, 9.17) is 5.11 Å². The Morgan fingerprint density at radius 3 is 1.67 bits per heavy atom. The van der Waals surface area contributed by atoms with E-state index in [1.165, 1.54) is 70.6 Å². The largest absolute Gasteiger partial charge is 0.477 e. The van der Waals surface area contributed by atoms with Gasteiger partial charge in [0.15, 0.2) is 6.54 Å². The van der Waals surface area contributed by atoms with Gasteiger partial charge in [-0.15, -0.1) is 0 Å². The van der Waals surface area contributed by atoms with Crippen LogP contribution in [0.15, 0.2) is 0 Å². The lowest BCUT2D eigenvalue weighted by atomic mass is 10.0. The van der Waals surface area contributed by atoms with E-state index in [0.29, 0.717) is 24.0 Å². The number of unbranched alkanes of at least 4 members (excludes halogenated alkanes) is 12. The molecule has 0 bridgehead atoms. The van der Waals surface area contributed by atoms with Crippen LogP contribution in [0.25, 0.3) is 0 Å². The Morgan fingerprint density at radius 2 is 1.22 bits per heavy atom. The van der Waals surface area contributed by atoms with Gasteiger partial charge in [0.05, 0.1) is 27.2 Å². The Hall–Kier alpha value is -1.10. The Kier molecular flexibility index (Phi) is 16.3. The van der Waals surface area contributed by atoms with Crippen molar-refractivity contribution >= 4 is 11.9 Å². The van der Waals surface area contributed by atoms with E-state index in [0.717, 1.165) is 12.8 Å². The minimum absolute atomic E-state index is 0.0781. The van der Waals surface area contributed by atoms with Gasteiger partial charge in [-0.1, -0.05) is 84.0 Å². The number of nitrogens with zero attached hydrogens (tertiary/aromatic N) is 1. The summed E-state index contributed by atoms with van der Waals surface area (Å²) < 4.78 is 0.383. The second-order valence-electron chi connectivity index (χ2n) is 8.55. The molecule has 0 spiro atoms. The molecule has 5 heteroatoms. The smallest absolute Gasteiger partial charge is 0.359 e. The first-order chi connectivity index (χ1) is 12.9. The van der Waals surface area contributed by atoms with Crippen LogP contribution in [-0.2, 0) is 9.59 Å². The number of amides is 1. The van der Waals surface area contributed by atoms with Gasteiger partial charge in [0.2, 0.25) is 5.91 Å². The maximum Gasteiger partial charge on any atom is 0.359 e. The van der Waals surface area contributed by atoms with Crippen LogP contribution in [0.2, 0.25) is 0 Å². The summed E-state index contributed by atoms with van der Waals surface area (Å²) in [6.45, 7) is 3.51. The number of aliphatic carboxylic acids is 1. The summed E-state index contributed by atoms with van der Waals surface area (Å²) in [7, 11) is 3.74. The number of rotatable bonds is 19. The zero-order chi connectivity index (χ0) is 20.4. The third-order valence-corrected chi connectivity index (χ3v) is 5.11. The molecule has 0 atom stereocenters. The molecule has 5 nitrogen and oxygen atoms in total. The normalized spacial score (nSPS) is 11.5. The van der Waals surface area contributed by atoms with Crippen molar-refractivity contribution in [3.8, 4) is 0 Å². The van der Waals surface area contributed by atoms with E-state index in [9.17, 15) is 9.59 Å². The average molecular weight is 386 g/mol. The highest BCUT2D eigenvalue weighted by Crippen LogP contribution is 2.12. The molecule has 160 valence electrons. The van der Waals surface area contributed by atoms with E-state index < -0.39 is 5.97 Å². The molecule has 0 saturated carbocycles. The lowest BCUT2D eigenvalue weighted by molar-refractivity contribution is -0.881. The number of carbonyl (C=O) groups is 2. The van der Waals surface area contributed by atoms with Gasteiger partial charge in [-0.05, 0) is 6.42 Å². The van der Waals surface area contributed by atoms with Crippen LogP contribution in [0.3, 0.4) is 0 Å². The number of hydrogen-bond acceptors (Lipinski definition) is 2. The van der Waals surface area contributed by atoms with Gasteiger partial charge in [-0.25, -0.2) is 4.79 Å². The molecule has 0 unspecified atom stereocenters. The molecular weight excluding hydrogens is 340 g/mol. The number of carboxylic acids is 1. The van der Waals surface area contributed by atoms with Crippen molar-refractivity contribution in [1.82, 2.24) is 5.32 Å². The fourth-order valence-corrected chi connectivity index (χ4v) is 3.33. The highest BCUT2D eigenvalue weighted by atomic mass is 16.4. The van der Waals surface area contributed by atoms with Crippen LogP contribution < -0.4 is 5.32 Å². The standard InChI is InChI=1S/C22H44N2O3/c1-4-5-6-7-8-9-10-11-12-13-14-15-16-17-21(25)23-18-19-24(2,3)20-22(26)27/h4-20H2,1-3H3,(H-,23,25,26,27)/p+1. The summed E-state index contributed by atoms with van der Waals surface area (Å²) in [5.74, 6) is -0.716. The fraction of sp³-hybridized carbons (Fsp3) is 0.909. The summed E-state index contributed by atoms with van der Waals surface area (Å²) in [4.78, 5) is 22.6. The van der Waals surface area contributed by atoms with Crippen LogP contribution in [0.4, 0.5) is 0 Å². The first-order valence-corrected chi connectivity index (χ1v) is 11.2. The Morgan fingerprint density at radius 1 is 0.778 bits per heavy atom. The van der Waals surface area contributed by atoms with Gasteiger partial charge >= 0.3 is 5.97 Å². The van der Waals surface area contributed by atoms with Crippen LogP contribution in [-0.4, -0.2) is 55.2 Å². The number of likely N-dealkylation sites (N-methyl/N-ethyl adjacent to an activating group) is 1. The average Bonchev–Trinajstić information content (AvgIpc) is 2.57. The zero-order valence-electron chi connectivity index (χ0n) is 18.2. The second-order valence-corrected chi connectivity index (χ2v) is 8.55. The quantitative estimate of drug-likeness (QED) is 0.249. The molecular formula is C22H45N2O3+. The molecule has 0 aliphatic rings. The SMILES string of the molecule is CCCCCCCCCCCCCCCC(=O)NCC[N+](C)(C)CC(=O)O. The third kappa shape index (κ3) is 19.5. The Labute approximate surface area is 167 Å². The van der Waals surface area contributed by atoms with Crippen molar-refractivity contribution in [2.75, 3.05) is 33.7 Å². The molecule has 0 fully saturated rings. The molecule has 0 aromatic carbocycles. The van der Waals surface area contributed by atoms with Gasteiger partial charge in [-0.2, -0.15) is 0 Å². The van der Waals surface area contributed by atoms with Crippen molar-refractivity contribution in [2.45, 2.75) is 96.8 Å². The molecule has 0 aliphatic heterocycles. The summed E-state index contributed by atoms with van der Waals surface area (Å²) >= 11 is 0. The van der Waals surface area contributed by atoms with Crippen molar-refractivity contribution in [2.24, 2.45) is 0 Å². The van der Waals surface area contributed by atoms with E-state index in [2.05, 4.69) is 12.2 Å². The Balaban J connectivity index is 3.35. The number of quaternary nitrogens is 1. The van der Waals surface area contributed by atoms with Gasteiger partial charge in [0, 0.05) is 6.42 Å². The van der Waals surface area contributed by atoms with E-state index in [1.807, 2.05) is 14.1 Å². The number of carboxylic acid groups (broad SMARTS) is 1. The molecule has 1 amide bonds. The highest BCUT2D eigenvalue weighted by Gasteiger charge is 2.19. The summed E-state index contributed by atoms with van der Waals surface area (Å²) in [5, 5.41) is 11.7. The topological polar surface area (TPSA) is 66.4 Å². The molecule has 2 N–H and O–H groups in total. The molecule has 0 aliphatic carbocycles. The maximum absolute atomic E-state index is 11.8. The molecule has 0 heterocycles. The molecule has 0 rings (SSSR count). The summed E-state index contributed by atoms with van der Waals surface area (Å²) in [5.41, 5.74) is 0. The third-order valence-electron chi connectivity index (χ3n) is 5.11. The second kappa shape index (κ2) is 17.0. The van der Waals surface area contributed by atoms with Gasteiger partial charge < -0.3 is 14.9 Å². The number of carbonyl (C=O) groups excluding carboxylic acids is 1. The van der Waals surface area contributed by atoms with Crippen molar-refractivity contribution in [1.29, 1.82) is 0 Å². The zero-order valence-corrected chi connectivity index (χ0v) is 18.2. The molecule has 0 radical (unpaired) electrons. The minimum atomic E-state index is -0.807. The predicted molar refractivity (Wildman–Crippen MR) is 113 cm³/mol. The van der Waals surface area contributed by atoms with Gasteiger partial charge in [-0.3, -0.25) is 4.79 Å². The van der Waals surface area contributed by atoms with Crippen molar-refractivity contribution < 1.29 is 19.2 Å². The van der Waals surface area contributed by atoms with Crippen LogP contribution in [0, 0.1) is 0 Å². The first kappa shape index (κ1) is 25.9. The highest BCUT2D eigenvalue weighted by molar-refractivity contribution is 5.75. The van der Waals surface area contributed by atoms with Crippen LogP contribution >= 0.6 is 0 Å². The molecule has 0 aromatic heterocycles. The lowest BCUT2D eigenvalue weighted by Gasteiger charge is -2.27.